The number of rotatable bonds is 10. The Morgan fingerprint density at radius 3 is 1.92 bits per heavy atom. The van der Waals surface area contributed by atoms with E-state index in [0.29, 0.717) is 0 Å². The van der Waals surface area contributed by atoms with Crippen molar-refractivity contribution in [3.8, 4) is 0 Å². The monoisotopic (exact) mass is 382 g/mol. The van der Waals surface area contributed by atoms with Gasteiger partial charge in [-0.25, -0.2) is 0 Å². The number of hydrogen-bond acceptors (Lipinski definition) is 6. The van der Waals surface area contributed by atoms with Crippen molar-refractivity contribution in [1.29, 1.82) is 0 Å². The molecule has 1 saturated heterocycles. The SMILES string of the molecule is [CH]C1(C)COP(=O)(C(C)(C)P(=O)(OCCCC)OCCCC)OC1. The van der Waals surface area contributed by atoms with Crippen LogP contribution in [0.4, 0.5) is 0 Å². The molecule has 0 aliphatic carbocycles. The molecule has 2 radical (unpaired) electrons. The molecule has 142 valence electrons. The van der Waals surface area contributed by atoms with Crippen molar-refractivity contribution in [2.75, 3.05) is 26.4 Å². The van der Waals surface area contributed by atoms with E-state index in [-0.39, 0.29) is 26.4 Å². The molecule has 6 nitrogen and oxygen atoms in total. The lowest BCUT2D eigenvalue weighted by Crippen LogP contribution is -2.36. The fourth-order valence-corrected chi connectivity index (χ4v) is 7.00. The second kappa shape index (κ2) is 8.79. The Kier molecular flexibility index (Phi) is 8.19. The van der Waals surface area contributed by atoms with Gasteiger partial charge in [-0.2, -0.15) is 0 Å². The molecule has 1 aliphatic heterocycles. The first kappa shape index (κ1) is 22.3. The van der Waals surface area contributed by atoms with E-state index >= 15 is 0 Å². The standard InChI is InChI=1S/C16H32O6P2/c1-7-9-11-19-23(17,20-12-10-8-2)16(5,6)24(18)21-13-15(3,4)14-22-24/h3H,7-14H2,1-2,4-6H3. The molecule has 0 atom stereocenters. The Bertz CT molecular complexity index is 461. The number of hydrogen-bond donors (Lipinski definition) is 0. The van der Waals surface area contributed by atoms with Crippen LogP contribution in [0.1, 0.15) is 60.3 Å². The molecule has 1 heterocycles. The quantitative estimate of drug-likeness (QED) is 0.367. The van der Waals surface area contributed by atoms with E-state index in [1.807, 2.05) is 13.8 Å². The van der Waals surface area contributed by atoms with Crippen LogP contribution in [0.2, 0.25) is 0 Å². The van der Waals surface area contributed by atoms with Crippen molar-refractivity contribution < 1.29 is 27.2 Å². The average molecular weight is 382 g/mol. The van der Waals surface area contributed by atoms with E-state index in [9.17, 15) is 9.13 Å². The van der Waals surface area contributed by atoms with E-state index in [0.717, 1.165) is 25.7 Å². The molecule has 0 saturated carbocycles. The second-order valence-electron chi connectivity index (χ2n) is 7.06. The van der Waals surface area contributed by atoms with Crippen LogP contribution in [-0.4, -0.2) is 31.3 Å². The molecule has 0 N–H and O–H groups in total. The first-order chi connectivity index (χ1) is 11.0. The maximum atomic E-state index is 13.4. The van der Waals surface area contributed by atoms with Crippen LogP contribution in [0.15, 0.2) is 0 Å². The van der Waals surface area contributed by atoms with Gasteiger partial charge in [0.2, 0.25) is 0 Å². The average Bonchev–Trinajstić information content (AvgIpc) is 2.51. The van der Waals surface area contributed by atoms with Crippen LogP contribution < -0.4 is 0 Å². The first-order valence-electron chi connectivity index (χ1n) is 8.61. The molecule has 0 unspecified atom stereocenters. The largest absolute Gasteiger partial charge is 0.348 e. The van der Waals surface area contributed by atoms with E-state index in [1.165, 1.54) is 0 Å². The molecular weight excluding hydrogens is 350 g/mol. The molecule has 0 aromatic carbocycles. The van der Waals surface area contributed by atoms with E-state index < -0.39 is 25.5 Å². The molecule has 0 bridgehead atoms. The van der Waals surface area contributed by atoms with Crippen molar-refractivity contribution in [1.82, 2.24) is 0 Å². The zero-order valence-electron chi connectivity index (χ0n) is 15.6. The van der Waals surface area contributed by atoms with E-state index in [1.54, 1.807) is 20.8 Å². The van der Waals surface area contributed by atoms with Gasteiger partial charge < -0.3 is 18.1 Å². The Hall–Kier alpha value is 0.300. The van der Waals surface area contributed by atoms with Gasteiger partial charge in [0.25, 0.3) is 0 Å². The smallest absolute Gasteiger partial charge is 0.308 e. The van der Waals surface area contributed by atoms with Crippen molar-refractivity contribution in [2.45, 2.75) is 65.2 Å². The summed E-state index contributed by atoms with van der Waals surface area (Å²) in [5, 5.41) is 0. The van der Waals surface area contributed by atoms with Crippen LogP contribution in [-0.2, 0) is 27.2 Å². The lowest BCUT2D eigenvalue weighted by Gasteiger charge is -2.42. The van der Waals surface area contributed by atoms with Gasteiger partial charge in [-0.05, 0) is 33.6 Å². The fourth-order valence-electron chi connectivity index (χ4n) is 2.02. The Morgan fingerprint density at radius 2 is 1.54 bits per heavy atom. The Morgan fingerprint density at radius 1 is 1.12 bits per heavy atom. The van der Waals surface area contributed by atoms with Gasteiger partial charge in [0, 0.05) is 5.41 Å². The van der Waals surface area contributed by atoms with Crippen LogP contribution >= 0.6 is 15.2 Å². The highest BCUT2D eigenvalue weighted by atomic mass is 31.2. The van der Waals surface area contributed by atoms with Crippen LogP contribution in [0, 0.1) is 12.3 Å². The summed E-state index contributed by atoms with van der Waals surface area (Å²) >= 11 is 0. The molecule has 24 heavy (non-hydrogen) atoms. The minimum atomic E-state index is -3.71. The first-order valence-corrected chi connectivity index (χ1v) is 11.7. The maximum Gasteiger partial charge on any atom is 0.348 e. The molecule has 1 rings (SSSR count). The third-order valence-corrected chi connectivity index (χ3v) is 10.1. The fraction of sp³-hybridized carbons (Fsp3) is 0.938. The lowest BCUT2D eigenvalue weighted by molar-refractivity contribution is 0.0506. The van der Waals surface area contributed by atoms with Crippen LogP contribution in [0.3, 0.4) is 0 Å². The van der Waals surface area contributed by atoms with E-state index in [4.69, 9.17) is 25.0 Å². The zero-order chi connectivity index (χ0) is 18.5. The molecule has 8 heteroatoms. The molecule has 0 spiro atoms. The second-order valence-corrected chi connectivity index (χ2v) is 12.7. The normalized spacial score (nSPS) is 20.9. The predicted molar refractivity (Wildman–Crippen MR) is 95.3 cm³/mol. The summed E-state index contributed by atoms with van der Waals surface area (Å²) < 4.78 is 48.9. The van der Waals surface area contributed by atoms with Gasteiger partial charge in [-0.15, -0.1) is 0 Å². The van der Waals surface area contributed by atoms with Crippen LogP contribution in [0.5, 0.6) is 0 Å². The molecule has 0 amide bonds. The van der Waals surface area contributed by atoms with Gasteiger partial charge >= 0.3 is 15.2 Å². The minimum absolute atomic E-state index is 0.0671. The van der Waals surface area contributed by atoms with Gasteiger partial charge in [0.1, 0.15) is 0 Å². The highest BCUT2D eigenvalue weighted by molar-refractivity contribution is 7.74. The highest BCUT2D eigenvalue weighted by Gasteiger charge is 2.60. The van der Waals surface area contributed by atoms with Crippen LogP contribution in [0.25, 0.3) is 0 Å². The molecule has 1 fully saturated rings. The summed E-state index contributed by atoms with van der Waals surface area (Å²) in [6.45, 7) is 15.5. The Labute approximate surface area is 147 Å². The third-order valence-electron chi connectivity index (χ3n) is 3.99. The van der Waals surface area contributed by atoms with Gasteiger partial charge in [-0.1, -0.05) is 33.6 Å². The van der Waals surface area contributed by atoms with Crippen molar-refractivity contribution in [3.05, 3.63) is 6.92 Å². The molecule has 0 aromatic rings. The van der Waals surface area contributed by atoms with Gasteiger partial charge in [0.15, 0.2) is 4.90 Å². The summed E-state index contributed by atoms with van der Waals surface area (Å²) in [7, 11) is -7.42. The summed E-state index contributed by atoms with van der Waals surface area (Å²) in [4.78, 5) is -1.40. The number of unbranched alkanes of at least 4 members (excludes halogenated alkanes) is 2. The Balaban J connectivity index is 3.00. The highest BCUT2D eigenvalue weighted by Crippen LogP contribution is 2.78. The van der Waals surface area contributed by atoms with E-state index in [2.05, 4.69) is 0 Å². The summed E-state index contributed by atoms with van der Waals surface area (Å²) in [6, 6.07) is 0. The minimum Gasteiger partial charge on any atom is -0.308 e. The summed E-state index contributed by atoms with van der Waals surface area (Å²) in [5.74, 6) is 0. The van der Waals surface area contributed by atoms with Crippen molar-refractivity contribution >= 4 is 15.2 Å². The van der Waals surface area contributed by atoms with Crippen molar-refractivity contribution in [2.24, 2.45) is 5.41 Å². The molecular formula is C16H32O6P2. The molecule has 1 aliphatic rings. The third kappa shape index (κ3) is 5.16. The zero-order valence-corrected chi connectivity index (χ0v) is 17.4. The lowest BCUT2D eigenvalue weighted by atomic mass is 9.97. The van der Waals surface area contributed by atoms with Gasteiger partial charge in [0.05, 0.1) is 26.4 Å². The van der Waals surface area contributed by atoms with Gasteiger partial charge in [-0.3, -0.25) is 9.13 Å². The topological polar surface area (TPSA) is 71.1 Å². The predicted octanol–water partition coefficient (Wildman–Crippen LogP) is 5.51. The van der Waals surface area contributed by atoms with Crippen molar-refractivity contribution in [3.63, 3.8) is 0 Å². The molecule has 0 aromatic heterocycles. The summed E-state index contributed by atoms with van der Waals surface area (Å²) in [6.07, 6.45) is 3.27. The summed E-state index contributed by atoms with van der Waals surface area (Å²) in [5.41, 5.74) is -0.722. The maximum absolute atomic E-state index is 13.4.